The summed E-state index contributed by atoms with van der Waals surface area (Å²) in [6, 6.07) is 47.0. The zero-order valence-corrected chi connectivity index (χ0v) is 62.4. The lowest BCUT2D eigenvalue weighted by Crippen LogP contribution is -2.51. The van der Waals surface area contributed by atoms with Gasteiger partial charge in [0, 0.05) is 166 Å². The van der Waals surface area contributed by atoms with E-state index in [0.717, 1.165) is 154 Å². The van der Waals surface area contributed by atoms with Crippen LogP contribution >= 0.6 is 0 Å². The number of piperazine rings is 2. The van der Waals surface area contributed by atoms with Crippen LogP contribution in [0.25, 0.3) is 60.8 Å². The number of pyridine rings is 6. The molecule has 546 valence electrons. The standard InChI is InChI=1S/C30H36N6O4Si.C25H23N5O3.C24H26N4O3Si.H2/c1-41(2,3)15-14-38-21-36-28(10-11-32-36)23-5-9-29(31-17-23)40-26-7-8-27-22(16-26)4-6-24(33-27)18-34-12-13-35-25(19-34)20-39-30(35)37;31-25-30-10-9-29(15-21(30)16-32-25)14-20-3-1-17-11-22(4-5-23(17)28-20)33-24-6-2-18(13-27-24)19-7-8-26-12-19;1-32(2,3)13-12-30-17-28-23(10-11-26-28)19-5-9-24(25-15-19)31-21-7-8-22-18(14-21)4-6-20(16-29)27-22;/h4-11,16-17,25H,12-15,18-21H2,1-3H3;1-8,11,13,21H,9-10,12,14-16H2;4-11,14-16H,12-13,17H2,1-3H3;1H/t25-;21-;;/m00../s1/i;;;1+1. The van der Waals surface area contributed by atoms with Gasteiger partial charge in [0.1, 0.15) is 49.6 Å². The highest BCUT2D eigenvalue weighted by Gasteiger charge is 2.39. The molecule has 0 N–H and O–H groups in total. The Morgan fingerprint density at radius 1 is 0.509 bits per heavy atom. The van der Waals surface area contributed by atoms with Gasteiger partial charge < -0.3 is 33.2 Å². The van der Waals surface area contributed by atoms with Gasteiger partial charge in [-0.2, -0.15) is 10.2 Å². The fourth-order valence-corrected chi connectivity index (χ4v) is 14.3. The second kappa shape index (κ2) is 32.6. The first kappa shape index (κ1) is 72.0. The van der Waals surface area contributed by atoms with Crippen molar-refractivity contribution >= 4 is 79.1 Å². The van der Waals surface area contributed by atoms with Crippen LogP contribution in [0.4, 0.5) is 9.59 Å². The summed E-state index contributed by atoms with van der Waals surface area (Å²) in [6.07, 6.45) is 13.1. The number of carbonyl (C=O) groups is 3. The topological polar surface area (TPSA) is 254 Å². The van der Waals surface area contributed by atoms with Gasteiger partial charge in [-0.3, -0.25) is 39.4 Å². The molecule has 3 aromatic carbocycles. The molecule has 5 aliphatic rings. The number of aliphatic imine (C=N–C) groups is 1. The Hall–Kier alpha value is -10.9. The summed E-state index contributed by atoms with van der Waals surface area (Å²) in [6.45, 7) is 24.2. The van der Waals surface area contributed by atoms with Gasteiger partial charge >= 0.3 is 12.2 Å². The first-order chi connectivity index (χ1) is 51.4. The van der Waals surface area contributed by atoms with E-state index in [2.05, 4.69) is 108 Å². The summed E-state index contributed by atoms with van der Waals surface area (Å²) in [4.78, 5) is 74.2. The molecule has 0 radical (unpaired) electrons. The summed E-state index contributed by atoms with van der Waals surface area (Å²) in [5.74, 6) is 3.64. The van der Waals surface area contributed by atoms with Crippen LogP contribution in [-0.4, -0.2) is 194 Å². The summed E-state index contributed by atoms with van der Waals surface area (Å²) >= 11 is 0. The number of ether oxygens (including phenoxy) is 7. The van der Waals surface area contributed by atoms with Crippen molar-refractivity contribution in [3.63, 3.8) is 0 Å². The fourth-order valence-electron chi connectivity index (χ4n) is 12.8. The monoisotopic (exact) mass is 1460 g/mol. The molecule has 0 aliphatic carbocycles. The molecular formula is C79H87N15O10Si2. The van der Waals surface area contributed by atoms with Crippen LogP contribution < -0.4 is 14.2 Å². The zero-order chi connectivity index (χ0) is 73.2. The molecule has 0 saturated carbocycles. The molecule has 8 aromatic heterocycles. The maximum atomic E-state index is 11.8. The molecule has 106 heavy (non-hydrogen) atoms. The highest BCUT2D eigenvalue weighted by Crippen LogP contribution is 2.32. The Labute approximate surface area is 617 Å². The van der Waals surface area contributed by atoms with Crippen LogP contribution in [0, 0.1) is 0 Å². The molecule has 4 fully saturated rings. The number of nitrogens with zero attached hydrogens (tertiary/aromatic N) is 15. The number of benzene rings is 3. The van der Waals surface area contributed by atoms with Crippen molar-refractivity contribution in [2.24, 2.45) is 4.99 Å². The number of cyclic esters (lactones) is 2. The maximum Gasteiger partial charge on any atom is 0.410 e. The van der Waals surface area contributed by atoms with Gasteiger partial charge in [-0.15, -0.1) is 0 Å². The van der Waals surface area contributed by atoms with Gasteiger partial charge in [-0.05, 0) is 132 Å². The number of aromatic nitrogens is 10. The smallest absolute Gasteiger partial charge is 0.410 e. The summed E-state index contributed by atoms with van der Waals surface area (Å²) in [7, 11) is -2.24. The number of fused-ring (bicyclic) bond motifs is 5. The van der Waals surface area contributed by atoms with Crippen molar-refractivity contribution in [3.8, 4) is 57.4 Å². The van der Waals surface area contributed by atoms with Crippen molar-refractivity contribution in [3.05, 3.63) is 199 Å². The average molecular weight is 1460 g/mol. The highest BCUT2D eigenvalue weighted by atomic mass is 28.3. The van der Waals surface area contributed by atoms with Gasteiger partial charge in [-0.1, -0.05) is 57.5 Å². The number of hydrogen-bond donors (Lipinski definition) is 0. The van der Waals surface area contributed by atoms with E-state index in [4.69, 9.17) is 43.1 Å². The van der Waals surface area contributed by atoms with E-state index < -0.39 is 16.1 Å². The fraction of sp³-hybridized carbons (Fsp3) is 0.316. The molecule has 0 spiro atoms. The molecule has 2 atom stereocenters. The SMILES string of the molecule is C[Si](C)(C)CCOCn1nccc1-c1ccc(Oc2ccc3nc(C=O)ccc3c2)nc1.C[Si](C)(C)CCOCn1nccc1-c1ccc(Oc2ccc3nc(CN4CCN5C(=O)OC[C@@H]5C4)ccc3c2)nc1.O=C1OC[C@@H]2CN(Cc3ccc4cc(Oc5ccc(C6=CC=NC6)cn5)ccc4n3)CCN12.[2HH]. The molecule has 13 heterocycles. The van der Waals surface area contributed by atoms with E-state index in [1.165, 1.54) is 0 Å². The van der Waals surface area contributed by atoms with Crippen LogP contribution in [0.15, 0.2) is 182 Å². The quantitative estimate of drug-likeness (QED) is 0.0309. The number of hydrogen-bond acceptors (Lipinski definition) is 21. The Morgan fingerprint density at radius 2 is 0.953 bits per heavy atom. The third-order valence-electron chi connectivity index (χ3n) is 18.7. The Morgan fingerprint density at radius 3 is 1.37 bits per heavy atom. The average Bonchev–Trinajstić information content (AvgIpc) is 1.66. The number of aldehydes is 1. The van der Waals surface area contributed by atoms with Crippen LogP contribution in [0.1, 0.15) is 28.9 Å². The minimum atomic E-state index is -1.12. The summed E-state index contributed by atoms with van der Waals surface area (Å²) in [5, 5.41) is 11.7. The lowest BCUT2D eigenvalue weighted by atomic mass is 10.1. The van der Waals surface area contributed by atoms with Gasteiger partial charge in [0.25, 0.3) is 0 Å². The lowest BCUT2D eigenvalue weighted by molar-refractivity contribution is 0.0797. The third-order valence-corrected chi connectivity index (χ3v) is 22.2. The molecule has 0 unspecified atom stereocenters. The van der Waals surface area contributed by atoms with Gasteiger partial charge in [-0.25, -0.2) is 38.9 Å². The number of carbonyl (C=O) groups excluding carboxylic acids is 3. The van der Waals surface area contributed by atoms with Crippen molar-refractivity contribution in [2.75, 3.05) is 72.2 Å². The van der Waals surface area contributed by atoms with Crippen LogP contribution in [0.3, 0.4) is 0 Å². The Balaban J connectivity index is 0.000000143. The Kier molecular flexibility index (Phi) is 22.1. The molecule has 27 heteroatoms. The Bertz CT molecular complexity index is 5000. The normalized spacial score (nSPS) is 16.6. The predicted octanol–water partition coefficient (Wildman–Crippen LogP) is 14.4. The van der Waals surface area contributed by atoms with E-state index in [-0.39, 0.29) is 25.7 Å². The van der Waals surface area contributed by atoms with Crippen molar-refractivity contribution in [1.82, 2.24) is 69.1 Å². The molecule has 25 nitrogen and oxygen atoms in total. The first-order valence-corrected chi connectivity index (χ1v) is 43.1. The zero-order valence-electron chi connectivity index (χ0n) is 60.4. The first-order valence-electron chi connectivity index (χ1n) is 35.7. The molecule has 16 rings (SSSR count). The lowest BCUT2D eigenvalue weighted by Gasteiger charge is -2.35. The minimum absolute atomic E-state index is 0. The molecule has 4 saturated heterocycles. The van der Waals surface area contributed by atoms with E-state index in [1.54, 1.807) is 30.9 Å². The molecule has 2 amide bonds. The van der Waals surface area contributed by atoms with Crippen LogP contribution in [0.2, 0.25) is 51.4 Å². The van der Waals surface area contributed by atoms with E-state index >= 15 is 0 Å². The molecule has 0 bridgehead atoms. The predicted molar refractivity (Wildman–Crippen MR) is 412 cm³/mol. The molecular weight excluding hydrogens is 1380 g/mol. The van der Waals surface area contributed by atoms with Gasteiger partial charge in [0.2, 0.25) is 17.6 Å². The van der Waals surface area contributed by atoms with Crippen molar-refractivity contribution in [1.29, 1.82) is 0 Å². The maximum absolute atomic E-state index is 11.8. The van der Waals surface area contributed by atoms with Gasteiger partial charge in [0.05, 0.1) is 58.0 Å². The van der Waals surface area contributed by atoms with E-state index in [9.17, 15) is 14.4 Å². The van der Waals surface area contributed by atoms with Crippen LogP contribution in [-0.2, 0) is 45.5 Å². The third kappa shape index (κ3) is 18.6. The second-order valence-corrected chi connectivity index (χ2v) is 40.4. The van der Waals surface area contributed by atoms with E-state index in [0.29, 0.717) is 81.1 Å². The minimum Gasteiger partial charge on any atom is -0.447 e. The largest absolute Gasteiger partial charge is 0.447 e. The highest BCUT2D eigenvalue weighted by molar-refractivity contribution is 6.76. The number of allylic oxidation sites excluding steroid dienone is 1. The van der Waals surface area contributed by atoms with Gasteiger partial charge in [0.15, 0.2) is 6.29 Å². The number of amides is 2. The summed E-state index contributed by atoms with van der Waals surface area (Å²) < 4.78 is 43.7. The summed E-state index contributed by atoms with van der Waals surface area (Å²) in [5.41, 5.74) is 11.0. The van der Waals surface area contributed by atoms with Crippen molar-refractivity contribution < 1.29 is 49.0 Å². The molecule has 5 aliphatic heterocycles. The van der Waals surface area contributed by atoms with Crippen LogP contribution in [0.5, 0.6) is 34.9 Å². The van der Waals surface area contributed by atoms with Crippen molar-refractivity contribution in [2.45, 2.75) is 90.0 Å². The number of rotatable bonds is 24. The molecule has 11 aromatic rings. The van der Waals surface area contributed by atoms with E-state index in [1.807, 2.05) is 147 Å². The second-order valence-electron chi connectivity index (χ2n) is 29.1.